The van der Waals surface area contributed by atoms with Crippen molar-refractivity contribution in [2.24, 2.45) is 11.1 Å². The van der Waals surface area contributed by atoms with E-state index in [1.807, 2.05) is 11.0 Å². The molecule has 0 bridgehead atoms. The second-order valence-electron chi connectivity index (χ2n) is 10.2. The van der Waals surface area contributed by atoms with Gasteiger partial charge in [-0.25, -0.2) is 13.6 Å². The highest BCUT2D eigenvalue weighted by Crippen LogP contribution is 2.35. The Labute approximate surface area is 238 Å². The number of carbonyl (C=O) groups is 3. The van der Waals surface area contributed by atoms with Gasteiger partial charge in [-0.3, -0.25) is 14.4 Å². The Bertz CT molecular complexity index is 1360. The third kappa shape index (κ3) is 6.57. The van der Waals surface area contributed by atoms with Crippen LogP contribution in [0.15, 0.2) is 47.4 Å². The average molecular weight is 596 g/mol. The van der Waals surface area contributed by atoms with Gasteiger partial charge in [-0.15, -0.1) is 0 Å². The minimum absolute atomic E-state index is 0.0217. The topological polar surface area (TPSA) is 121 Å². The molecule has 210 valence electrons. The summed E-state index contributed by atoms with van der Waals surface area (Å²) in [5, 5.41) is 5.99. The van der Waals surface area contributed by atoms with Gasteiger partial charge in [-0.1, -0.05) is 29.3 Å². The number of hydrogen-bond acceptors (Lipinski definition) is 5. The van der Waals surface area contributed by atoms with Crippen LogP contribution in [0.3, 0.4) is 0 Å². The molecule has 2 aromatic rings. The molecule has 2 aliphatic rings. The number of carbonyl (C=O) groups excluding carboxylic acids is 3. The minimum Gasteiger partial charge on any atom is -0.343 e. The second-order valence-corrected chi connectivity index (χ2v) is 12.6. The number of sulfonamides is 1. The van der Waals surface area contributed by atoms with Crippen LogP contribution >= 0.6 is 23.2 Å². The lowest BCUT2D eigenvalue weighted by molar-refractivity contribution is -0.141. The summed E-state index contributed by atoms with van der Waals surface area (Å²) < 4.78 is 23.2. The van der Waals surface area contributed by atoms with Crippen molar-refractivity contribution in [2.75, 3.05) is 33.2 Å². The molecule has 2 heterocycles. The molecule has 2 fully saturated rings. The van der Waals surface area contributed by atoms with E-state index in [1.165, 1.54) is 24.3 Å². The quantitative estimate of drug-likeness (QED) is 0.569. The van der Waals surface area contributed by atoms with Crippen molar-refractivity contribution < 1.29 is 22.8 Å². The summed E-state index contributed by atoms with van der Waals surface area (Å²) in [6.07, 6.45) is 1.80. The predicted octanol–water partition coefficient (Wildman–Crippen LogP) is 3.36. The molecule has 0 spiro atoms. The zero-order valence-corrected chi connectivity index (χ0v) is 24.2. The van der Waals surface area contributed by atoms with E-state index < -0.39 is 10.0 Å². The number of halogens is 2. The molecule has 0 aromatic heterocycles. The van der Waals surface area contributed by atoms with Crippen molar-refractivity contribution in [2.45, 2.75) is 43.0 Å². The fourth-order valence-electron chi connectivity index (χ4n) is 5.51. The van der Waals surface area contributed by atoms with Gasteiger partial charge in [-0.2, -0.15) is 0 Å². The standard InChI is InChI=1S/C27H32Cl2N4O5S/c1-17(34)32-12-9-19(10-13-32)27(36)33-14-11-25(22(16-33)20-5-8-23(28)24(29)15-20)31(2)26(35)18-3-6-21(7-4-18)39(30,37)38/h3-8,15,19,22,25H,9-14,16H2,1-2H3,(H2,30,37,38)/t22-,25+/m0/s1. The smallest absolute Gasteiger partial charge is 0.253 e. The van der Waals surface area contributed by atoms with Crippen molar-refractivity contribution in [3.05, 3.63) is 63.6 Å². The third-order valence-electron chi connectivity index (χ3n) is 7.80. The summed E-state index contributed by atoms with van der Waals surface area (Å²) in [6.45, 7) is 3.56. The molecule has 0 saturated carbocycles. The van der Waals surface area contributed by atoms with Crippen molar-refractivity contribution in [3.63, 3.8) is 0 Å². The van der Waals surface area contributed by atoms with Gasteiger partial charge < -0.3 is 14.7 Å². The zero-order valence-electron chi connectivity index (χ0n) is 21.8. The van der Waals surface area contributed by atoms with Gasteiger partial charge >= 0.3 is 0 Å². The van der Waals surface area contributed by atoms with Crippen LogP contribution in [0.5, 0.6) is 0 Å². The normalized spacial score (nSPS) is 20.5. The van der Waals surface area contributed by atoms with E-state index in [0.29, 0.717) is 61.1 Å². The first-order valence-electron chi connectivity index (χ1n) is 12.8. The first-order chi connectivity index (χ1) is 18.4. The van der Waals surface area contributed by atoms with Crippen molar-refractivity contribution >= 4 is 50.9 Å². The Balaban J connectivity index is 1.56. The highest BCUT2D eigenvalue weighted by Gasteiger charge is 2.39. The predicted molar refractivity (Wildman–Crippen MR) is 149 cm³/mol. The lowest BCUT2D eigenvalue weighted by Gasteiger charge is -2.44. The fourth-order valence-corrected chi connectivity index (χ4v) is 6.34. The Hall–Kier alpha value is -2.66. The van der Waals surface area contributed by atoms with Gasteiger partial charge in [0, 0.05) is 63.6 Å². The monoisotopic (exact) mass is 594 g/mol. The largest absolute Gasteiger partial charge is 0.343 e. The molecule has 0 radical (unpaired) electrons. The Morgan fingerprint density at radius 3 is 2.10 bits per heavy atom. The summed E-state index contributed by atoms with van der Waals surface area (Å²) in [5.74, 6) is -0.569. The van der Waals surface area contributed by atoms with Gasteiger partial charge in [0.15, 0.2) is 0 Å². The lowest BCUT2D eigenvalue weighted by Crippen LogP contribution is -2.53. The molecule has 2 atom stereocenters. The Kier molecular flexibility index (Phi) is 8.90. The molecular weight excluding hydrogens is 563 g/mol. The molecule has 2 saturated heterocycles. The molecule has 39 heavy (non-hydrogen) atoms. The highest BCUT2D eigenvalue weighted by molar-refractivity contribution is 7.89. The fraction of sp³-hybridized carbons (Fsp3) is 0.444. The molecule has 2 N–H and O–H groups in total. The summed E-state index contributed by atoms with van der Waals surface area (Å²) in [5.41, 5.74) is 1.19. The van der Waals surface area contributed by atoms with Crippen molar-refractivity contribution in [1.82, 2.24) is 14.7 Å². The number of likely N-dealkylation sites (N-methyl/N-ethyl adjacent to an activating group) is 1. The summed E-state index contributed by atoms with van der Waals surface area (Å²) >= 11 is 12.5. The third-order valence-corrected chi connectivity index (χ3v) is 9.47. The van der Waals surface area contributed by atoms with Crippen molar-refractivity contribution in [1.29, 1.82) is 0 Å². The molecule has 0 unspecified atom stereocenters. The summed E-state index contributed by atoms with van der Waals surface area (Å²) in [7, 11) is -2.17. The Morgan fingerprint density at radius 1 is 0.923 bits per heavy atom. The van der Waals surface area contributed by atoms with Crippen LogP contribution in [0.4, 0.5) is 0 Å². The zero-order chi connectivity index (χ0) is 28.5. The molecule has 9 nitrogen and oxygen atoms in total. The molecule has 12 heteroatoms. The first kappa shape index (κ1) is 29.3. The van der Waals surface area contributed by atoms with Gasteiger partial charge in [0.1, 0.15) is 0 Å². The molecule has 3 amide bonds. The number of primary sulfonamides is 1. The maximum Gasteiger partial charge on any atom is 0.253 e. The maximum absolute atomic E-state index is 13.5. The van der Waals surface area contributed by atoms with Gasteiger partial charge in [0.2, 0.25) is 21.8 Å². The molecule has 2 aliphatic heterocycles. The van der Waals surface area contributed by atoms with E-state index in [-0.39, 0.29) is 40.5 Å². The number of nitrogens with two attached hydrogens (primary N) is 1. The molecule has 2 aromatic carbocycles. The molecule has 0 aliphatic carbocycles. The van der Waals surface area contributed by atoms with Crippen LogP contribution in [-0.2, 0) is 19.6 Å². The number of nitrogens with zero attached hydrogens (tertiary/aromatic N) is 3. The van der Waals surface area contributed by atoms with Crippen LogP contribution < -0.4 is 5.14 Å². The second kappa shape index (κ2) is 11.8. The minimum atomic E-state index is -3.87. The van der Waals surface area contributed by atoms with Crippen LogP contribution in [0.2, 0.25) is 10.0 Å². The number of hydrogen-bond donors (Lipinski definition) is 1. The van der Waals surface area contributed by atoms with E-state index >= 15 is 0 Å². The Morgan fingerprint density at radius 2 is 1.54 bits per heavy atom. The SMILES string of the molecule is CC(=O)N1CCC(C(=O)N2CC[C@@H](N(C)C(=O)c3ccc(S(N)(=O)=O)cc3)[C@H](c3ccc(Cl)c(Cl)c3)C2)CC1. The van der Waals surface area contributed by atoms with Crippen LogP contribution in [0.1, 0.15) is 48.0 Å². The van der Waals surface area contributed by atoms with E-state index in [0.717, 1.165) is 5.56 Å². The highest BCUT2D eigenvalue weighted by atomic mass is 35.5. The number of piperidine rings is 2. The number of amides is 3. The van der Waals surface area contributed by atoms with E-state index in [1.54, 1.807) is 35.9 Å². The van der Waals surface area contributed by atoms with E-state index in [9.17, 15) is 22.8 Å². The van der Waals surface area contributed by atoms with Gasteiger partial charge in [-0.05, 0) is 61.2 Å². The van der Waals surface area contributed by atoms with E-state index in [4.69, 9.17) is 28.3 Å². The van der Waals surface area contributed by atoms with Crippen LogP contribution in [0, 0.1) is 5.92 Å². The molecule has 4 rings (SSSR count). The summed E-state index contributed by atoms with van der Waals surface area (Å²) in [4.78, 5) is 43.8. The lowest BCUT2D eigenvalue weighted by atomic mass is 9.83. The summed E-state index contributed by atoms with van der Waals surface area (Å²) in [6, 6.07) is 10.6. The number of likely N-dealkylation sites (tertiary alicyclic amines) is 2. The van der Waals surface area contributed by atoms with Crippen molar-refractivity contribution in [3.8, 4) is 0 Å². The number of benzene rings is 2. The molecular formula is C27H32Cl2N4O5S. The van der Waals surface area contributed by atoms with Gasteiger partial charge in [0.05, 0.1) is 14.9 Å². The van der Waals surface area contributed by atoms with Crippen LogP contribution in [-0.4, -0.2) is 80.1 Å². The van der Waals surface area contributed by atoms with E-state index in [2.05, 4.69) is 0 Å². The average Bonchev–Trinajstić information content (AvgIpc) is 2.92. The first-order valence-corrected chi connectivity index (χ1v) is 15.1. The number of rotatable bonds is 5. The van der Waals surface area contributed by atoms with Crippen LogP contribution in [0.25, 0.3) is 0 Å². The van der Waals surface area contributed by atoms with Gasteiger partial charge in [0.25, 0.3) is 5.91 Å². The maximum atomic E-state index is 13.5.